The molecule has 0 spiro atoms. The molecule has 2 N–H and O–H groups in total. The van der Waals surface area contributed by atoms with Crippen molar-refractivity contribution < 1.29 is 9.59 Å². The maximum Gasteiger partial charge on any atom is 0.323 e. The fourth-order valence-corrected chi connectivity index (χ4v) is 3.59. The highest BCUT2D eigenvalue weighted by atomic mass is 35.5. The molecular weight excluding hydrogens is 400 g/mol. The van der Waals surface area contributed by atoms with Crippen LogP contribution >= 0.6 is 11.6 Å². The largest absolute Gasteiger partial charge is 0.368 e. The van der Waals surface area contributed by atoms with Crippen LogP contribution in [0.15, 0.2) is 48.5 Å². The zero-order valence-electron chi connectivity index (χ0n) is 17.7. The molecule has 160 valence electrons. The second kappa shape index (κ2) is 9.39. The number of amides is 3. The molecule has 30 heavy (non-hydrogen) atoms. The quantitative estimate of drug-likeness (QED) is 0.714. The smallest absolute Gasteiger partial charge is 0.323 e. The van der Waals surface area contributed by atoms with Crippen molar-refractivity contribution in [3.63, 3.8) is 0 Å². The third-order valence-corrected chi connectivity index (χ3v) is 5.12. The molecule has 3 amide bonds. The second-order valence-electron chi connectivity index (χ2n) is 8.74. The third kappa shape index (κ3) is 6.39. The molecule has 1 saturated heterocycles. The Bertz CT molecular complexity index is 885. The Morgan fingerprint density at radius 1 is 0.933 bits per heavy atom. The molecule has 0 atom stereocenters. The van der Waals surface area contributed by atoms with Crippen molar-refractivity contribution in [3.8, 4) is 0 Å². The number of halogens is 1. The van der Waals surface area contributed by atoms with Gasteiger partial charge in [0.15, 0.2) is 0 Å². The van der Waals surface area contributed by atoms with Gasteiger partial charge in [0.05, 0.1) is 0 Å². The maximum absolute atomic E-state index is 12.4. The summed E-state index contributed by atoms with van der Waals surface area (Å²) in [4.78, 5) is 28.8. The number of urea groups is 1. The van der Waals surface area contributed by atoms with Crippen LogP contribution in [-0.2, 0) is 4.79 Å². The van der Waals surface area contributed by atoms with Crippen molar-refractivity contribution in [2.75, 3.05) is 41.7 Å². The van der Waals surface area contributed by atoms with E-state index in [0.717, 1.165) is 31.9 Å². The van der Waals surface area contributed by atoms with Gasteiger partial charge in [-0.3, -0.25) is 4.79 Å². The Kier molecular flexibility index (Phi) is 6.87. The summed E-state index contributed by atoms with van der Waals surface area (Å²) in [6.07, 6.45) is 0.574. The summed E-state index contributed by atoms with van der Waals surface area (Å²) in [5, 5.41) is 6.14. The summed E-state index contributed by atoms with van der Waals surface area (Å²) in [7, 11) is 0. The molecule has 0 aliphatic carbocycles. The molecule has 1 heterocycles. The van der Waals surface area contributed by atoms with Crippen LogP contribution in [0.4, 0.5) is 21.9 Å². The van der Waals surface area contributed by atoms with E-state index in [1.807, 2.05) is 29.2 Å². The van der Waals surface area contributed by atoms with Gasteiger partial charge in [0.25, 0.3) is 0 Å². The van der Waals surface area contributed by atoms with Gasteiger partial charge in [-0.1, -0.05) is 38.4 Å². The monoisotopic (exact) mass is 428 g/mol. The van der Waals surface area contributed by atoms with Gasteiger partial charge in [-0.15, -0.1) is 0 Å². The second-order valence-corrected chi connectivity index (χ2v) is 9.18. The Labute approximate surface area is 183 Å². The molecule has 2 aromatic rings. The van der Waals surface area contributed by atoms with Crippen LogP contribution in [-0.4, -0.2) is 43.0 Å². The number of carbonyl (C=O) groups is 2. The Balaban J connectivity index is 1.50. The van der Waals surface area contributed by atoms with Crippen LogP contribution < -0.4 is 15.5 Å². The number of nitrogens with one attached hydrogen (secondary N) is 2. The SMILES string of the molecule is CC(C)(C)CC(=O)N1CCN(c2ccc(NC(=O)Nc3cccc(Cl)c3)cc2)CC1. The van der Waals surface area contributed by atoms with Gasteiger partial charge >= 0.3 is 6.03 Å². The molecule has 2 aromatic carbocycles. The number of carbonyl (C=O) groups excluding carboxylic acids is 2. The standard InChI is InChI=1S/C23H29ClN4O2/c1-23(2,3)16-21(29)28-13-11-27(12-14-28)20-9-7-18(8-10-20)25-22(30)26-19-6-4-5-17(24)15-19/h4-10,15H,11-14,16H2,1-3H3,(H2,25,26,30). The van der Waals surface area contributed by atoms with Crippen LogP contribution in [0, 0.1) is 5.41 Å². The highest BCUT2D eigenvalue weighted by Crippen LogP contribution is 2.23. The first-order valence-electron chi connectivity index (χ1n) is 10.2. The zero-order chi connectivity index (χ0) is 21.7. The number of hydrogen-bond donors (Lipinski definition) is 2. The number of benzene rings is 2. The molecule has 7 heteroatoms. The van der Waals surface area contributed by atoms with Gasteiger partial charge in [0.1, 0.15) is 0 Å². The molecule has 1 fully saturated rings. The molecule has 3 rings (SSSR count). The topological polar surface area (TPSA) is 64.7 Å². The van der Waals surface area contributed by atoms with E-state index < -0.39 is 0 Å². The van der Waals surface area contributed by atoms with E-state index in [9.17, 15) is 9.59 Å². The minimum Gasteiger partial charge on any atom is -0.368 e. The molecule has 0 radical (unpaired) electrons. The van der Waals surface area contributed by atoms with Crippen LogP contribution in [0.3, 0.4) is 0 Å². The van der Waals surface area contributed by atoms with Gasteiger partial charge < -0.3 is 20.4 Å². The van der Waals surface area contributed by atoms with E-state index in [-0.39, 0.29) is 17.4 Å². The van der Waals surface area contributed by atoms with Gasteiger partial charge in [-0.2, -0.15) is 0 Å². The van der Waals surface area contributed by atoms with E-state index in [4.69, 9.17) is 11.6 Å². The highest BCUT2D eigenvalue weighted by Gasteiger charge is 2.24. The van der Waals surface area contributed by atoms with Gasteiger partial charge in [-0.05, 0) is 47.9 Å². The summed E-state index contributed by atoms with van der Waals surface area (Å²) in [6, 6.07) is 14.4. The average Bonchev–Trinajstić information content (AvgIpc) is 2.67. The molecule has 0 bridgehead atoms. The first-order chi connectivity index (χ1) is 14.2. The van der Waals surface area contributed by atoms with E-state index in [2.05, 4.69) is 36.3 Å². The van der Waals surface area contributed by atoms with Crippen LogP contribution in [0.2, 0.25) is 5.02 Å². The molecule has 1 aliphatic heterocycles. The van der Waals surface area contributed by atoms with Crippen LogP contribution in [0.1, 0.15) is 27.2 Å². The van der Waals surface area contributed by atoms with E-state index in [1.54, 1.807) is 24.3 Å². The third-order valence-electron chi connectivity index (χ3n) is 4.89. The van der Waals surface area contributed by atoms with E-state index in [1.165, 1.54) is 0 Å². The first kappa shape index (κ1) is 22.0. The molecular formula is C23H29ClN4O2. The lowest BCUT2D eigenvalue weighted by Crippen LogP contribution is -2.49. The lowest BCUT2D eigenvalue weighted by atomic mass is 9.91. The molecule has 0 unspecified atom stereocenters. The lowest BCUT2D eigenvalue weighted by molar-refractivity contribution is -0.133. The number of piperazine rings is 1. The van der Waals surface area contributed by atoms with Gasteiger partial charge in [-0.25, -0.2) is 4.79 Å². The molecule has 0 aromatic heterocycles. The van der Waals surface area contributed by atoms with E-state index >= 15 is 0 Å². The van der Waals surface area contributed by atoms with Crippen molar-refractivity contribution in [2.45, 2.75) is 27.2 Å². The summed E-state index contributed by atoms with van der Waals surface area (Å²) in [5.74, 6) is 0.229. The predicted molar refractivity (Wildman–Crippen MR) is 123 cm³/mol. The van der Waals surface area contributed by atoms with Crippen molar-refractivity contribution >= 4 is 40.6 Å². The minimum atomic E-state index is -0.323. The zero-order valence-corrected chi connectivity index (χ0v) is 18.5. The fourth-order valence-electron chi connectivity index (χ4n) is 3.39. The molecule has 1 aliphatic rings. The highest BCUT2D eigenvalue weighted by molar-refractivity contribution is 6.30. The predicted octanol–water partition coefficient (Wildman–Crippen LogP) is 5.07. The fraction of sp³-hybridized carbons (Fsp3) is 0.391. The van der Waals surface area contributed by atoms with Gasteiger partial charge in [0, 0.05) is 54.7 Å². The van der Waals surface area contributed by atoms with Crippen molar-refractivity contribution in [1.82, 2.24) is 4.90 Å². The average molecular weight is 429 g/mol. The summed E-state index contributed by atoms with van der Waals surface area (Å²) in [6.45, 7) is 9.34. The van der Waals surface area contributed by atoms with Gasteiger partial charge in [0.2, 0.25) is 5.91 Å². The van der Waals surface area contributed by atoms with E-state index in [0.29, 0.717) is 22.8 Å². The lowest BCUT2D eigenvalue weighted by Gasteiger charge is -2.37. The number of hydrogen-bond acceptors (Lipinski definition) is 3. The Morgan fingerprint density at radius 2 is 1.57 bits per heavy atom. The Morgan fingerprint density at radius 3 is 2.17 bits per heavy atom. The number of rotatable bonds is 4. The van der Waals surface area contributed by atoms with Crippen molar-refractivity contribution in [2.24, 2.45) is 5.41 Å². The Hall–Kier alpha value is -2.73. The number of nitrogens with zero attached hydrogens (tertiary/aromatic N) is 2. The van der Waals surface area contributed by atoms with Crippen LogP contribution in [0.25, 0.3) is 0 Å². The molecule has 6 nitrogen and oxygen atoms in total. The maximum atomic E-state index is 12.4. The summed E-state index contributed by atoms with van der Waals surface area (Å²) >= 11 is 5.94. The minimum absolute atomic E-state index is 0.0100. The van der Waals surface area contributed by atoms with Crippen LogP contribution in [0.5, 0.6) is 0 Å². The molecule has 0 saturated carbocycles. The number of anilines is 3. The normalized spacial score (nSPS) is 14.4. The van der Waals surface area contributed by atoms with Crippen molar-refractivity contribution in [3.05, 3.63) is 53.6 Å². The van der Waals surface area contributed by atoms with Crippen molar-refractivity contribution in [1.29, 1.82) is 0 Å². The first-order valence-corrected chi connectivity index (χ1v) is 10.5. The summed E-state index contributed by atoms with van der Waals surface area (Å²) in [5.41, 5.74) is 2.43. The summed E-state index contributed by atoms with van der Waals surface area (Å²) < 4.78 is 0.